The lowest BCUT2D eigenvalue weighted by Crippen LogP contribution is -2.44. The number of rotatable bonds is 6. The van der Waals surface area contributed by atoms with E-state index >= 15 is 0 Å². The maximum atomic E-state index is 12.7. The predicted octanol–water partition coefficient (Wildman–Crippen LogP) is 3.17. The fourth-order valence-electron chi connectivity index (χ4n) is 3.30. The van der Waals surface area contributed by atoms with Crippen LogP contribution in [0.3, 0.4) is 0 Å². The van der Waals surface area contributed by atoms with Crippen LogP contribution in [0, 0.1) is 17.8 Å². The van der Waals surface area contributed by atoms with E-state index in [4.69, 9.17) is 5.73 Å². The van der Waals surface area contributed by atoms with Crippen LogP contribution in [0.15, 0.2) is 30.3 Å². The molecule has 1 aliphatic carbocycles. The van der Waals surface area contributed by atoms with Gasteiger partial charge in [-0.1, -0.05) is 50.6 Å². The summed E-state index contributed by atoms with van der Waals surface area (Å²) in [4.78, 5) is 12.7. The Hall–Kier alpha value is -1.06. The second-order valence-corrected chi connectivity index (χ2v) is 6.58. The molecule has 4 heteroatoms. The maximum Gasteiger partial charge on any atom is 0.223 e. The Morgan fingerprint density at radius 2 is 1.95 bits per heavy atom. The molecule has 3 unspecified atom stereocenters. The van der Waals surface area contributed by atoms with Crippen LogP contribution in [-0.4, -0.2) is 18.5 Å². The van der Waals surface area contributed by atoms with Gasteiger partial charge in [0, 0.05) is 12.0 Å². The lowest BCUT2D eigenvalue weighted by Gasteiger charge is -2.25. The number of halogens is 1. The second kappa shape index (κ2) is 9.16. The first-order valence-corrected chi connectivity index (χ1v) is 8.16. The van der Waals surface area contributed by atoms with E-state index in [9.17, 15) is 4.79 Å². The van der Waals surface area contributed by atoms with Gasteiger partial charge >= 0.3 is 0 Å². The van der Waals surface area contributed by atoms with Crippen molar-refractivity contribution in [1.82, 2.24) is 5.32 Å². The fraction of sp³-hybridized carbons (Fsp3) is 0.611. The highest BCUT2D eigenvalue weighted by atomic mass is 35.5. The molecule has 1 fully saturated rings. The largest absolute Gasteiger partial charge is 0.353 e. The summed E-state index contributed by atoms with van der Waals surface area (Å²) < 4.78 is 0. The van der Waals surface area contributed by atoms with Gasteiger partial charge in [-0.2, -0.15) is 0 Å². The van der Waals surface area contributed by atoms with Crippen LogP contribution < -0.4 is 11.1 Å². The monoisotopic (exact) mass is 324 g/mol. The predicted molar refractivity (Wildman–Crippen MR) is 94.0 cm³/mol. The van der Waals surface area contributed by atoms with E-state index in [1.165, 1.54) is 12.0 Å². The van der Waals surface area contributed by atoms with Crippen LogP contribution in [0.1, 0.15) is 38.7 Å². The summed E-state index contributed by atoms with van der Waals surface area (Å²) in [7, 11) is 0. The van der Waals surface area contributed by atoms with E-state index in [2.05, 4.69) is 31.3 Å². The summed E-state index contributed by atoms with van der Waals surface area (Å²) in [5.74, 6) is 1.02. The minimum absolute atomic E-state index is 0. The van der Waals surface area contributed by atoms with Crippen molar-refractivity contribution in [2.75, 3.05) is 6.54 Å². The van der Waals surface area contributed by atoms with Gasteiger partial charge in [0.1, 0.15) is 0 Å². The van der Waals surface area contributed by atoms with Crippen LogP contribution in [0.5, 0.6) is 0 Å². The molecule has 1 saturated carbocycles. The highest BCUT2D eigenvalue weighted by molar-refractivity contribution is 5.85. The molecule has 3 N–H and O–H groups in total. The number of hydrogen-bond acceptors (Lipinski definition) is 2. The summed E-state index contributed by atoms with van der Waals surface area (Å²) in [6, 6.07) is 10.6. The molecule has 1 aromatic carbocycles. The third-order valence-electron chi connectivity index (χ3n) is 4.73. The highest BCUT2D eigenvalue weighted by Crippen LogP contribution is 2.26. The lowest BCUT2D eigenvalue weighted by atomic mass is 9.88. The van der Waals surface area contributed by atoms with E-state index < -0.39 is 0 Å². The lowest BCUT2D eigenvalue weighted by molar-refractivity contribution is -0.127. The van der Waals surface area contributed by atoms with Gasteiger partial charge in [-0.25, -0.2) is 0 Å². The first-order chi connectivity index (χ1) is 10.1. The Morgan fingerprint density at radius 3 is 2.55 bits per heavy atom. The molecular weight excluding hydrogens is 296 g/mol. The summed E-state index contributed by atoms with van der Waals surface area (Å²) in [6.07, 6.45) is 4.21. The molecule has 0 saturated heterocycles. The summed E-state index contributed by atoms with van der Waals surface area (Å²) >= 11 is 0. The van der Waals surface area contributed by atoms with E-state index in [0.29, 0.717) is 18.4 Å². The Balaban J connectivity index is 0.00000242. The van der Waals surface area contributed by atoms with Crippen molar-refractivity contribution in [3.63, 3.8) is 0 Å². The van der Waals surface area contributed by atoms with Crippen molar-refractivity contribution in [3.05, 3.63) is 35.9 Å². The van der Waals surface area contributed by atoms with E-state index in [1.807, 2.05) is 18.2 Å². The molecule has 1 aliphatic rings. The summed E-state index contributed by atoms with van der Waals surface area (Å²) in [5.41, 5.74) is 7.04. The Morgan fingerprint density at radius 1 is 1.27 bits per heavy atom. The molecule has 124 valence electrons. The quantitative estimate of drug-likeness (QED) is 0.844. The molecule has 1 amide bonds. The minimum atomic E-state index is 0. The Labute approximate surface area is 140 Å². The number of amides is 1. The second-order valence-electron chi connectivity index (χ2n) is 6.58. The van der Waals surface area contributed by atoms with Gasteiger partial charge in [-0.05, 0) is 43.2 Å². The van der Waals surface area contributed by atoms with Gasteiger partial charge in [0.25, 0.3) is 0 Å². The van der Waals surface area contributed by atoms with Crippen LogP contribution >= 0.6 is 12.4 Å². The molecule has 0 aromatic heterocycles. The number of nitrogens with two attached hydrogens (primary N) is 1. The van der Waals surface area contributed by atoms with Crippen molar-refractivity contribution in [1.29, 1.82) is 0 Å². The maximum absolute atomic E-state index is 12.7. The van der Waals surface area contributed by atoms with Crippen molar-refractivity contribution in [2.45, 2.75) is 45.6 Å². The summed E-state index contributed by atoms with van der Waals surface area (Å²) in [6.45, 7) is 4.93. The third-order valence-corrected chi connectivity index (χ3v) is 4.73. The summed E-state index contributed by atoms with van der Waals surface area (Å²) in [5, 5.41) is 3.26. The van der Waals surface area contributed by atoms with Gasteiger partial charge in [0.05, 0.1) is 0 Å². The molecule has 0 spiro atoms. The zero-order valence-electron chi connectivity index (χ0n) is 13.6. The molecule has 3 atom stereocenters. The van der Waals surface area contributed by atoms with Crippen LogP contribution in [-0.2, 0) is 11.2 Å². The van der Waals surface area contributed by atoms with Gasteiger partial charge in [-0.3, -0.25) is 4.79 Å². The molecule has 0 radical (unpaired) electrons. The molecule has 2 rings (SSSR count). The van der Waals surface area contributed by atoms with Gasteiger partial charge in [0.15, 0.2) is 0 Å². The zero-order chi connectivity index (χ0) is 15.2. The van der Waals surface area contributed by atoms with Gasteiger partial charge < -0.3 is 11.1 Å². The first kappa shape index (κ1) is 19.0. The van der Waals surface area contributed by atoms with Crippen molar-refractivity contribution < 1.29 is 4.79 Å². The van der Waals surface area contributed by atoms with E-state index in [0.717, 1.165) is 19.3 Å². The zero-order valence-corrected chi connectivity index (χ0v) is 14.4. The number of hydrogen-bond donors (Lipinski definition) is 2. The first-order valence-electron chi connectivity index (χ1n) is 8.16. The molecule has 0 heterocycles. The third kappa shape index (κ3) is 4.99. The SMILES string of the molecule is CC(C)C(Cc1ccccc1)C(=O)NC1CCCC1CN.Cl. The minimum Gasteiger partial charge on any atom is -0.353 e. The molecule has 0 bridgehead atoms. The Bertz CT molecular complexity index is 450. The molecule has 0 aliphatic heterocycles. The number of carbonyl (C=O) groups excluding carboxylic acids is 1. The Kier molecular flexibility index (Phi) is 7.91. The van der Waals surface area contributed by atoms with Crippen LogP contribution in [0.4, 0.5) is 0 Å². The van der Waals surface area contributed by atoms with Gasteiger partial charge in [0.2, 0.25) is 5.91 Å². The fourth-order valence-corrected chi connectivity index (χ4v) is 3.30. The van der Waals surface area contributed by atoms with Crippen molar-refractivity contribution >= 4 is 18.3 Å². The normalized spacial score (nSPS) is 22.2. The molecule has 1 aromatic rings. The molecule has 3 nitrogen and oxygen atoms in total. The van der Waals surface area contributed by atoms with Crippen LogP contribution in [0.2, 0.25) is 0 Å². The van der Waals surface area contributed by atoms with E-state index in [1.54, 1.807) is 0 Å². The van der Waals surface area contributed by atoms with E-state index in [-0.39, 0.29) is 30.3 Å². The molecular formula is C18H29ClN2O. The van der Waals surface area contributed by atoms with Crippen molar-refractivity contribution in [2.24, 2.45) is 23.5 Å². The molecule has 22 heavy (non-hydrogen) atoms. The van der Waals surface area contributed by atoms with Gasteiger partial charge in [-0.15, -0.1) is 12.4 Å². The topological polar surface area (TPSA) is 55.1 Å². The number of carbonyl (C=O) groups is 1. The smallest absolute Gasteiger partial charge is 0.223 e. The number of benzene rings is 1. The van der Waals surface area contributed by atoms with Crippen LogP contribution in [0.25, 0.3) is 0 Å². The average molecular weight is 325 g/mol. The standard InChI is InChI=1S/C18H28N2O.ClH/c1-13(2)16(11-14-7-4-3-5-8-14)18(21)20-17-10-6-9-15(17)12-19;/h3-5,7-8,13,15-17H,6,9-12,19H2,1-2H3,(H,20,21);1H. The average Bonchev–Trinajstić information content (AvgIpc) is 2.92. The number of nitrogens with one attached hydrogen (secondary N) is 1. The highest BCUT2D eigenvalue weighted by Gasteiger charge is 2.30. The van der Waals surface area contributed by atoms with Crippen molar-refractivity contribution in [3.8, 4) is 0 Å².